The minimum Gasteiger partial charge on any atom is -0.493 e. The van der Waals surface area contributed by atoms with Gasteiger partial charge in [-0.15, -0.1) is 0 Å². The van der Waals surface area contributed by atoms with Crippen molar-refractivity contribution >= 4 is 5.97 Å². The van der Waals surface area contributed by atoms with Crippen molar-refractivity contribution in [2.24, 2.45) is 0 Å². The van der Waals surface area contributed by atoms with Crippen LogP contribution in [0.4, 0.5) is 0 Å². The molecule has 1 aliphatic carbocycles. The van der Waals surface area contributed by atoms with Crippen LogP contribution in [0, 0.1) is 0 Å². The van der Waals surface area contributed by atoms with Gasteiger partial charge < -0.3 is 19.7 Å². The monoisotopic (exact) mass is 294 g/mol. The molecule has 1 aromatic rings. The van der Waals surface area contributed by atoms with Gasteiger partial charge in [0.2, 0.25) is 0 Å². The summed E-state index contributed by atoms with van der Waals surface area (Å²) in [6, 6.07) is 4.68. The first-order valence-corrected chi connectivity index (χ1v) is 7.39. The van der Waals surface area contributed by atoms with E-state index in [1.165, 1.54) is 6.07 Å². The fourth-order valence-corrected chi connectivity index (χ4v) is 2.50. The van der Waals surface area contributed by atoms with Gasteiger partial charge in [-0.25, -0.2) is 4.79 Å². The van der Waals surface area contributed by atoms with E-state index in [0.717, 1.165) is 19.3 Å². The summed E-state index contributed by atoms with van der Waals surface area (Å²) >= 11 is 0. The molecule has 0 unspecified atom stereocenters. The normalized spacial score (nSPS) is 16.7. The zero-order valence-corrected chi connectivity index (χ0v) is 12.3. The highest BCUT2D eigenvalue weighted by atomic mass is 16.5. The summed E-state index contributed by atoms with van der Waals surface area (Å²) in [6.45, 7) is 2.68. The van der Waals surface area contributed by atoms with E-state index in [1.54, 1.807) is 12.1 Å². The van der Waals surface area contributed by atoms with Crippen molar-refractivity contribution < 1.29 is 24.5 Å². The topological polar surface area (TPSA) is 76.0 Å². The van der Waals surface area contributed by atoms with Gasteiger partial charge in [-0.1, -0.05) is 19.8 Å². The largest absolute Gasteiger partial charge is 0.493 e. The summed E-state index contributed by atoms with van der Waals surface area (Å²) < 4.78 is 11.1. The molecule has 0 heterocycles. The lowest BCUT2D eigenvalue weighted by atomic mass is 10.0. The summed E-state index contributed by atoms with van der Waals surface area (Å²) in [7, 11) is 0. The highest BCUT2D eigenvalue weighted by Crippen LogP contribution is 2.32. The minimum atomic E-state index is -1.05. The summed E-state index contributed by atoms with van der Waals surface area (Å²) in [5, 5.41) is 19.5. The van der Waals surface area contributed by atoms with Crippen molar-refractivity contribution in [3.8, 4) is 11.5 Å². The summed E-state index contributed by atoms with van der Waals surface area (Å²) in [5.74, 6) is -0.225. The lowest BCUT2D eigenvalue weighted by Gasteiger charge is -2.23. The van der Waals surface area contributed by atoms with Gasteiger partial charge in [0.15, 0.2) is 0 Å². The van der Waals surface area contributed by atoms with E-state index in [0.29, 0.717) is 25.2 Å². The van der Waals surface area contributed by atoms with Crippen LogP contribution < -0.4 is 9.47 Å². The number of aromatic carboxylic acids is 1. The Morgan fingerprint density at radius 2 is 2.00 bits per heavy atom. The molecular formula is C16H22O5. The van der Waals surface area contributed by atoms with Crippen LogP contribution in [-0.4, -0.2) is 35.0 Å². The van der Waals surface area contributed by atoms with Crippen molar-refractivity contribution in [3.05, 3.63) is 23.8 Å². The zero-order valence-electron chi connectivity index (χ0n) is 12.3. The van der Waals surface area contributed by atoms with Crippen molar-refractivity contribution in [2.45, 2.75) is 44.6 Å². The fraction of sp³-hybridized carbons (Fsp3) is 0.562. The number of carbonyl (C=O) groups is 1. The molecular weight excluding hydrogens is 272 g/mol. The van der Waals surface area contributed by atoms with E-state index >= 15 is 0 Å². The van der Waals surface area contributed by atoms with Gasteiger partial charge >= 0.3 is 5.97 Å². The molecule has 0 spiro atoms. The summed E-state index contributed by atoms with van der Waals surface area (Å²) in [5.41, 5.74) is -0.754. The van der Waals surface area contributed by atoms with Crippen LogP contribution in [0.2, 0.25) is 0 Å². The average Bonchev–Trinajstić information content (AvgIpc) is 2.90. The predicted molar refractivity (Wildman–Crippen MR) is 78.1 cm³/mol. The molecule has 2 N–H and O–H groups in total. The Labute approximate surface area is 124 Å². The molecule has 0 saturated heterocycles. The van der Waals surface area contributed by atoms with Gasteiger partial charge in [-0.2, -0.15) is 0 Å². The van der Waals surface area contributed by atoms with Crippen LogP contribution in [0.1, 0.15) is 49.4 Å². The van der Waals surface area contributed by atoms with Crippen LogP contribution in [-0.2, 0) is 0 Å². The highest BCUT2D eigenvalue weighted by molar-refractivity contribution is 5.91. The average molecular weight is 294 g/mol. The molecule has 0 radical (unpaired) electrons. The standard InChI is InChI=1S/C16H22O5/c1-2-9-20-12-5-6-13(15(17)18)14(10-12)21-11-16(19)7-3-4-8-16/h5-6,10,19H,2-4,7-9,11H2,1H3,(H,17,18). The molecule has 0 amide bonds. The van der Waals surface area contributed by atoms with Crippen LogP contribution in [0.3, 0.4) is 0 Å². The van der Waals surface area contributed by atoms with E-state index < -0.39 is 11.6 Å². The van der Waals surface area contributed by atoms with Gasteiger partial charge in [-0.3, -0.25) is 0 Å². The Kier molecular flexibility index (Phi) is 5.07. The van der Waals surface area contributed by atoms with E-state index in [9.17, 15) is 15.0 Å². The minimum absolute atomic E-state index is 0.0837. The number of ether oxygens (including phenoxy) is 2. The summed E-state index contributed by atoms with van der Waals surface area (Å²) in [4.78, 5) is 11.2. The molecule has 2 rings (SSSR count). The zero-order chi connectivity index (χ0) is 15.3. The van der Waals surface area contributed by atoms with Gasteiger partial charge in [0.05, 0.1) is 12.2 Å². The van der Waals surface area contributed by atoms with Gasteiger partial charge in [0, 0.05) is 6.07 Å². The highest BCUT2D eigenvalue weighted by Gasteiger charge is 2.32. The Hall–Kier alpha value is -1.75. The first-order chi connectivity index (χ1) is 10.0. The third kappa shape index (κ3) is 4.11. The lowest BCUT2D eigenvalue weighted by Crippen LogP contribution is -2.32. The third-order valence-electron chi connectivity index (χ3n) is 3.69. The summed E-state index contributed by atoms with van der Waals surface area (Å²) in [6.07, 6.45) is 4.22. The van der Waals surface area contributed by atoms with E-state index in [4.69, 9.17) is 9.47 Å². The predicted octanol–water partition coefficient (Wildman–Crippen LogP) is 2.86. The smallest absolute Gasteiger partial charge is 0.339 e. The Morgan fingerprint density at radius 3 is 2.62 bits per heavy atom. The third-order valence-corrected chi connectivity index (χ3v) is 3.69. The second-order valence-electron chi connectivity index (χ2n) is 5.53. The Bertz CT molecular complexity index is 491. The van der Waals surface area contributed by atoms with Crippen molar-refractivity contribution in [2.75, 3.05) is 13.2 Å². The van der Waals surface area contributed by atoms with E-state index in [1.807, 2.05) is 6.92 Å². The van der Waals surface area contributed by atoms with Crippen LogP contribution in [0.5, 0.6) is 11.5 Å². The first-order valence-electron chi connectivity index (χ1n) is 7.39. The molecule has 0 aliphatic heterocycles. The first kappa shape index (κ1) is 15.6. The molecule has 1 aromatic carbocycles. The second-order valence-corrected chi connectivity index (χ2v) is 5.53. The molecule has 21 heavy (non-hydrogen) atoms. The number of carboxylic acids is 1. The van der Waals surface area contributed by atoms with E-state index in [-0.39, 0.29) is 17.9 Å². The molecule has 1 aliphatic rings. The molecule has 116 valence electrons. The maximum absolute atomic E-state index is 11.2. The lowest BCUT2D eigenvalue weighted by molar-refractivity contribution is 0.000830. The number of hydrogen-bond donors (Lipinski definition) is 2. The van der Waals surface area contributed by atoms with Gasteiger partial charge in [0.1, 0.15) is 23.7 Å². The van der Waals surface area contributed by atoms with Crippen LogP contribution in [0.15, 0.2) is 18.2 Å². The number of hydrogen-bond acceptors (Lipinski definition) is 4. The quantitative estimate of drug-likeness (QED) is 0.808. The molecule has 1 fully saturated rings. The van der Waals surface area contributed by atoms with E-state index in [2.05, 4.69) is 0 Å². The Morgan fingerprint density at radius 1 is 1.29 bits per heavy atom. The molecule has 1 saturated carbocycles. The fourth-order valence-electron chi connectivity index (χ4n) is 2.50. The van der Waals surface area contributed by atoms with Crippen molar-refractivity contribution in [1.82, 2.24) is 0 Å². The number of carboxylic acid groups (broad SMARTS) is 1. The van der Waals surface area contributed by atoms with Crippen LogP contribution in [0.25, 0.3) is 0 Å². The molecule has 5 heteroatoms. The maximum Gasteiger partial charge on any atom is 0.339 e. The number of aliphatic hydroxyl groups is 1. The van der Waals surface area contributed by atoms with Gasteiger partial charge in [0.25, 0.3) is 0 Å². The van der Waals surface area contributed by atoms with Crippen molar-refractivity contribution in [1.29, 1.82) is 0 Å². The molecule has 0 atom stereocenters. The number of benzene rings is 1. The van der Waals surface area contributed by atoms with Gasteiger partial charge in [-0.05, 0) is 31.4 Å². The SMILES string of the molecule is CCCOc1ccc(C(=O)O)c(OCC2(O)CCCC2)c1. The molecule has 5 nitrogen and oxygen atoms in total. The van der Waals surface area contributed by atoms with Crippen molar-refractivity contribution in [3.63, 3.8) is 0 Å². The van der Waals surface area contributed by atoms with Crippen LogP contribution >= 0.6 is 0 Å². The molecule has 0 aromatic heterocycles. The second kappa shape index (κ2) is 6.80. The maximum atomic E-state index is 11.2. The Balaban J connectivity index is 2.11. The molecule has 0 bridgehead atoms. The number of rotatable bonds is 7.